The number of methoxy groups -OCH3 is 1. The molecule has 1 aliphatic rings. The first-order chi connectivity index (χ1) is 15.1. The van der Waals surface area contributed by atoms with Gasteiger partial charge in [-0.2, -0.15) is 9.97 Å². The first kappa shape index (κ1) is 21.4. The van der Waals surface area contributed by atoms with Gasteiger partial charge in [0.25, 0.3) is 0 Å². The fraction of sp³-hybridized carbons (Fsp3) is 0.364. The van der Waals surface area contributed by atoms with E-state index in [0.29, 0.717) is 42.6 Å². The molecule has 0 saturated carbocycles. The average molecular weight is 447 g/mol. The van der Waals surface area contributed by atoms with Crippen LogP contribution in [0.1, 0.15) is 13.3 Å². The Kier molecular flexibility index (Phi) is 6.58. The van der Waals surface area contributed by atoms with Crippen molar-refractivity contribution in [3.63, 3.8) is 0 Å². The van der Waals surface area contributed by atoms with Crippen LogP contribution in [0.25, 0.3) is 10.9 Å². The van der Waals surface area contributed by atoms with Gasteiger partial charge in [0.05, 0.1) is 43.2 Å². The van der Waals surface area contributed by atoms with Crippen LogP contribution in [-0.2, 0) is 4.74 Å². The number of morpholine rings is 1. The highest BCUT2D eigenvalue weighted by Crippen LogP contribution is 2.37. The van der Waals surface area contributed by atoms with Crippen molar-refractivity contribution in [2.45, 2.75) is 13.3 Å². The first-order valence-corrected chi connectivity index (χ1v) is 10.5. The molecule has 2 aromatic carbocycles. The average Bonchev–Trinajstić information content (AvgIpc) is 2.79. The fourth-order valence-corrected chi connectivity index (χ4v) is 3.58. The Balaban J connectivity index is 1.82. The molecule has 9 heteroatoms. The number of hydrogen-bond acceptors (Lipinski definition) is 7. The van der Waals surface area contributed by atoms with Gasteiger partial charge in [0.2, 0.25) is 0 Å². The Morgan fingerprint density at radius 1 is 1.19 bits per heavy atom. The summed E-state index contributed by atoms with van der Waals surface area (Å²) in [6, 6.07) is 8.56. The van der Waals surface area contributed by atoms with Crippen molar-refractivity contribution in [3.05, 3.63) is 41.2 Å². The Labute approximate surface area is 185 Å². The number of hydrogen-bond donors (Lipinski definition) is 1. The molecule has 3 aromatic rings. The van der Waals surface area contributed by atoms with Gasteiger partial charge in [-0.25, -0.2) is 4.39 Å². The van der Waals surface area contributed by atoms with E-state index in [1.165, 1.54) is 12.1 Å². The van der Waals surface area contributed by atoms with Gasteiger partial charge in [-0.05, 0) is 30.7 Å². The van der Waals surface area contributed by atoms with Gasteiger partial charge in [-0.15, -0.1) is 0 Å². The highest BCUT2D eigenvalue weighted by atomic mass is 35.5. The molecule has 31 heavy (non-hydrogen) atoms. The van der Waals surface area contributed by atoms with Crippen LogP contribution in [0.3, 0.4) is 0 Å². The maximum atomic E-state index is 13.6. The number of benzene rings is 2. The minimum absolute atomic E-state index is 0.0292. The molecular weight excluding hydrogens is 423 g/mol. The van der Waals surface area contributed by atoms with Crippen LogP contribution in [0.4, 0.5) is 21.6 Å². The SMILES string of the molecule is CCCOc1nc(Nc2ccc(F)c(Cl)c2)c2cc(N3CCOCC3)c(OC)cc2n1. The van der Waals surface area contributed by atoms with Crippen molar-refractivity contribution in [2.75, 3.05) is 50.2 Å². The second-order valence-corrected chi connectivity index (χ2v) is 7.50. The Bertz CT molecular complexity index is 1080. The molecule has 7 nitrogen and oxygen atoms in total. The van der Waals surface area contributed by atoms with Crippen LogP contribution in [0, 0.1) is 5.82 Å². The molecule has 1 aromatic heterocycles. The fourth-order valence-electron chi connectivity index (χ4n) is 3.40. The highest BCUT2D eigenvalue weighted by molar-refractivity contribution is 6.31. The predicted octanol–water partition coefficient (Wildman–Crippen LogP) is 4.80. The number of nitrogens with one attached hydrogen (secondary N) is 1. The third-order valence-electron chi connectivity index (χ3n) is 4.95. The monoisotopic (exact) mass is 446 g/mol. The van der Waals surface area contributed by atoms with Gasteiger partial charge >= 0.3 is 6.01 Å². The molecule has 1 saturated heterocycles. The lowest BCUT2D eigenvalue weighted by Crippen LogP contribution is -2.36. The molecule has 0 spiro atoms. The zero-order chi connectivity index (χ0) is 21.8. The lowest BCUT2D eigenvalue weighted by molar-refractivity contribution is 0.122. The number of halogens is 2. The zero-order valence-corrected chi connectivity index (χ0v) is 18.2. The number of aromatic nitrogens is 2. The molecule has 0 bridgehead atoms. The van der Waals surface area contributed by atoms with E-state index >= 15 is 0 Å². The van der Waals surface area contributed by atoms with Crippen molar-refractivity contribution in [1.29, 1.82) is 0 Å². The summed E-state index contributed by atoms with van der Waals surface area (Å²) in [7, 11) is 1.64. The number of nitrogens with zero attached hydrogens (tertiary/aromatic N) is 3. The number of ether oxygens (including phenoxy) is 3. The van der Waals surface area contributed by atoms with E-state index in [0.717, 1.165) is 30.6 Å². The van der Waals surface area contributed by atoms with E-state index in [1.54, 1.807) is 13.2 Å². The summed E-state index contributed by atoms with van der Waals surface area (Å²) in [6.07, 6.45) is 0.830. The summed E-state index contributed by atoms with van der Waals surface area (Å²) >= 11 is 5.96. The van der Waals surface area contributed by atoms with Crippen molar-refractivity contribution in [3.8, 4) is 11.8 Å². The van der Waals surface area contributed by atoms with Gasteiger partial charge in [0.1, 0.15) is 17.4 Å². The molecule has 164 valence electrons. The van der Waals surface area contributed by atoms with E-state index < -0.39 is 5.82 Å². The van der Waals surface area contributed by atoms with Gasteiger partial charge in [-0.1, -0.05) is 18.5 Å². The molecule has 1 fully saturated rings. The summed E-state index contributed by atoms with van der Waals surface area (Å²) in [5, 5.41) is 4.05. The smallest absolute Gasteiger partial charge is 0.318 e. The van der Waals surface area contributed by atoms with Crippen LogP contribution >= 0.6 is 11.6 Å². The lowest BCUT2D eigenvalue weighted by Gasteiger charge is -2.30. The quantitative estimate of drug-likeness (QED) is 0.559. The van der Waals surface area contributed by atoms with E-state index in [-0.39, 0.29) is 11.0 Å². The molecule has 1 aliphatic heterocycles. The summed E-state index contributed by atoms with van der Waals surface area (Å²) in [5.74, 6) is 0.771. The number of anilines is 3. The lowest BCUT2D eigenvalue weighted by atomic mass is 10.1. The zero-order valence-electron chi connectivity index (χ0n) is 17.5. The minimum Gasteiger partial charge on any atom is -0.495 e. The normalized spacial score (nSPS) is 14.0. The molecule has 4 rings (SSSR count). The summed E-state index contributed by atoms with van der Waals surface area (Å²) in [6.45, 7) is 5.34. The number of fused-ring (bicyclic) bond motifs is 1. The molecule has 0 atom stereocenters. The molecule has 0 unspecified atom stereocenters. The van der Waals surface area contributed by atoms with E-state index in [9.17, 15) is 4.39 Å². The number of rotatable bonds is 7. The molecule has 2 heterocycles. The first-order valence-electron chi connectivity index (χ1n) is 10.2. The Hall–Kier alpha value is -2.84. The predicted molar refractivity (Wildman–Crippen MR) is 120 cm³/mol. The van der Waals surface area contributed by atoms with Crippen molar-refractivity contribution >= 4 is 39.7 Å². The van der Waals surface area contributed by atoms with Crippen molar-refractivity contribution < 1.29 is 18.6 Å². The maximum absolute atomic E-state index is 13.6. The van der Waals surface area contributed by atoms with E-state index in [1.807, 2.05) is 19.1 Å². The molecule has 0 amide bonds. The van der Waals surface area contributed by atoms with Gasteiger partial charge in [0.15, 0.2) is 0 Å². The van der Waals surface area contributed by atoms with Gasteiger partial charge in [-0.3, -0.25) is 0 Å². The third-order valence-corrected chi connectivity index (χ3v) is 5.23. The van der Waals surface area contributed by atoms with Crippen LogP contribution in [0.15, 0.2) is 30.3 Å². The van der Waals surface area contributed by atoms with Crippen molar-refractivity contribution in [1.82, 2.24) is 9.97 Å². The standard InChI is InChI=1S/C22H24ClFN4O3/c1-3-8-31-22-26-18-13-20(29-2)19(28-6-9-30-10-7-28)12-15(18)21(27-22)25-14-4-5-17(24)16(23)11-14/h4-5,11-13H,3,6-10H2,1-2H3,(H,25,26,27). The maximum Gasteiger partial charge on any atom is 0.318 e. The van der Waals surface area contributed by atoms with E-state index in [4.69, 9.17) is 25.8 Å². The molecule has 0 aliphatic carbocycles. The molecule has 1 N–H and O–H groups in total. The summed E-state index contributed by atoms with van der Waals surface area (Å²) < 4.78 is 30.4. The Morgan fingerprint density at radius 2 is 2.00 bits per heavy atom. The topological polar surface area (TPSA) is 68.7 Å². The molecule has 0 radical (unpaired) electrons. The largest absolute Gasteiger partial charge is 0.495 e. The summed E-state index contributed by atoms with van der Waals surface area (Å²) in [4.78, 5) is 11.3. The van der Waals surface area contributed by atoms with Crippen LogP contribution in [0.5, 0.6) is 11.8 Å². The van der Waals surface area contributed by atoms with E-state index in [2.05, 4.69) is 20.2 Å². The van der Waals surface area contributed by atoms with Crippen LogP contribution in [-0.4, -0.2) is 50.0 Å². The Morgan fingerprint density at radius 3 is 2.71 bits per heavy atom. The second-order valence-electron chi connectivity index (χ2n) is 7.10. The second kappa shape index (κ2) is 9.53. The van der Waals surface area contributed by atoms with Crippen LogP contribution < -0.4 is 19.7 Å². The van der Waals surface area contributed by atoms with Crippen LogP contribution in [0.2, 0.25) is 5.02 Å². The van der Waals surface area contributed by atoms with Crippen molar-refractivity contribution in [2.24, 2.45) is 0 Å². The van der Waals surface area contributed by atoms with Gasteiger partial charge in [0, 0.05) is 30.2 Å². The highest BCUT2D eigenvalue weighted by Gasteiger charge is 2.19. The summed E-state index contributed by atoms with van der Waals surface area (Å²) in [5.41, 5.74) is 2.21. The van der Waals surface area contributed by atoms with Gasteiger partial charge < -0.3 is 24.4 Å². The third kappa shape index (κ3) is 4.75. The minimum atomic E-state index is -0.480. The molecular formula is C22H24ClFN4O3.